The minimum atomic E-state index is -1.04. The summed E-state index contributed by atoms with van der Waals surface area (Å²) in [6.07, 6.45) is 6.22. The first kappa shape index (κ1) is 20.1. The zero-order chi connectivity index (χ0) is 22.7. The van der Waals surface area contributed by atoms with Gasteiger partial charge in [-0.1, -0.05) is 42.5 Å². The van der Waals surface area contributed by atoms with Gasteiger partial charge in [0.2, 0.25) is 11.8 Å². The monoisotopic (exact) mass is 441 g/mol. The molecular weight excluding hydrogens is 418 g/mol. The van der Waals surface area contributed by atoms with Crippen molar-refractivity contribution < 1.29 is 23.9 Å². The summed E-state index contributed by atoms with van der Waals surface area (Å²) in [5.41, 5.74) is 1.31. The van der Waals surface area contributed by atoms with Crippen molar-refractivity contribution in [3.8, 4) is 5.75 Å². The number of amides is 2. The Morgan fingerprint density at radius 1 is 0.939 bits per heavy atom. The Labute approximate surface area is 191 Å². The molecule has 0 radical (unpaired) electrons. The first-order chi connectivity index (χ1) is 16.1. The van der Waals surface area contributed by atoms with E-state index in [4.69, 9.17) is 4.74 Å². The third-order valence-corrected chi connectivity index (χ3v) is 7.79. The Balaban J connectivity index is 1.32. The van der Waals surface area contributed by atoms with Crippen molar-refractivity contribution >= 4 is 24.1 Å². The number of ether oxygens (including phenoxy) is 1. The lowest BCUT2D eigenvalue weighted by Gasteiger charge is -2.37. The number of imide groups is 1. The molecule has 5 aliphatic rings. The molecule has 0 unspecified atom stereocenters. The van der Waals surface area contributed by atoms with Gasteiger partial charge in [-0.25, -0.2) is 4.79 Å². The average molecular weight is 441 g/mol. The zero-order valence-corrected chi connectivity index (χ0v) is 17.9. The van der Waals surface area contributed by atoms with Crippen molar-refractivity contribution in [3.05, 3.63) is 77.9 Å². The Bertz CT molecular complexity index is 1130. The summed E-state index contributed by atoms with van der Waals surface area (Å²) >= 11 is 0. The second-order valence-corrected chi connectivity index (χ2v) is 9.51. The molecule has 33 heavy (non-hydrogen) atoms. The van der Waals surface area contributed by atoms with Crippen LogP contribution in [0.15, 0.2) is 66.7 Å². The van der Waals surface area contributed by atoms with Gasteiger partial charge in [0.25, 0.3) is 0 Å². The van der Waals surface area contributed by atoms with Crippen LogP contribution in [0.1, 0.15) is 22.3 Å². The number of hydrogen-bond donors (Lipinski definition) is 0. The van der Waals surface area contributed by atoms with Gasteiger partial charge >= 0.3 is 5.97 Å². The minimum Gasteiger partial charge on any atom is -0.425 e. The Hall–Kier alpha value is -3.54. The van der Waals surface area contributed by atoms with E-state index in [-0.39, 0.29) is 47.7 Å². The molecule has 7 rings (SSSR count). The van der Waals surface area contributed by atoms with E-state index in [2.05, 4.69) is 12.2 Å². The van der Waals surface area contributed by atoms with Gasteiger partial charge in [-0.05, 0) is 59.9 Å². The third-order valence-electron chi connectivity index (χ3n) is 7.79. The highest BCUT2D eigenvalue weighted by Crippen LogP contribution is 2.65. The largest absolute Gasteiger partial charge is 0.425 e. The van der Waals surface area contributed by atoms with Gasteiger partial charge in [-0.3, -0.25) is 19.3 Å². The number of allylic oxidation sites excluding steroid dienone is 2. The van der Waals surface area contributed by atoms with Crippen LogP contribution in [0, 0.1) is 35.5 Å². The first-order valence-electron chi connectivity index (χ1n) is 11.4. The van der Waals surface area contributed by atoms with Gasteiger partial charge in [-0.15, -0.1) is 0 Å². The minimum absolute atomic E-state index is 0.0933. The van der Waals surface area contributed by atoms with E-state index in [0.717, 1.165) is 12.0 Å². The molecule has 6 nitrogen and oxygen atoms in total. The summed E-state index contributed by atoms with van der Waals surface area (Å²) in [4.78, 5) is 52.7. The van der Waals surface area contributed by atoms with Crippen molar-refractivity contribution in [1.82, 2.24) is 4.90 Å². The van der Waals surface area contributed by atoms with Crippen LogP contribution >= 0.6 is 0 Å². The van der Waals surface area contributed by atoms with E-state index < -0.39 is 12.0 Å². The Morgan fingerprint density at radius 2 is 1.55 bits per heavy atom. The van der Waals surface area contributed by atoms with Crippen LogP contribution < -0.4 is 4.74 Å². The fourth-order valence-corrected chi connectivity index (χ4v) is 6.20. The fourth-order valence-electron chi connectivity index (χ4n) is 6.20. The predicted molar refractivity (Wildman–Crippen MR) is 118 cm³/mol. The van der Waals surface area contributed by atoms with E-state index in [0.29, 0.717) is 23.7 Å². The summed E-state index contributed by atoms with van der Waals surface area (Å²) in [7, 11) is 0. The number of nitrogens with zero attached hydrogens (tertiary/aromatic N) is 1. The van der Waals surface area contributed by atoms with Crippen molar-refractivity contribution in [2.75, 3.05) is 0 Å². The summed E-state index contributed by atoms with van der Waals surface area (Å²) in [6.45, 7) is 0. The van der Waals surface area contributed by atoms with Crippen LogP contribution in [0.25, 0.3) is 0 Å². The molecule has 7 atom stereocenters. The molecule has 0 N–H and O–H groups in total. The van der Waals surface area contributed by atoms with Gasteiger partial charge in [0.1, 0.15) is 18.1 Å². The predicted octanol–water partition coefficient (Wildman–Crippen LogP) is 3.07. The zero-order valence-electron chi connectivity index (χ0n) is 17.9. The maximum absolute atomic E-state index is 13.6. The van der Waals surface area contributed by atoms with Crippen LogP contribution in [0.5, 0.6) is 5.75 Å². The molecule has 6 heteroatoms. The van der Waals surface area contributed by atoms with Gasteiger partial charge in [-0.2, -0.15) is 0 Å². The summed E-state index contributed by atoms with van der Waals surface area (Å²) in [5, 5.41) is 0. The lowest BCUT2D eigenvalue weighted by Crippen LogP contribution is -2.48. The second kappa shape index (κ2) is 7.51. The van der Waals surface area contributed by atoms with Gasteiger partial charge < -0.3 is 4.74 Å². The molecule has 3 fully saturated rings. The number of aldehydes is 1. The van der Waals surface area contributed by atoms with E-state index in [1.165, 1.54) is 17.0 Å². The van der Waals surface area contributed by atoms with E-state index in [1.54, 1.807) is 12.1 Å². The SMILES string of the molecule is O=Cc1ccc(OC(=O)[C@H](Cc2ccccc2)N2C(=O)[C@@H]3[C@H]4C=C[C@@H]([C@@H]5C[C@@H]45)[C@H]3C2=O)cc1. The topological polar surface area (TPSA) is 80.8 Å². The van der Waals surface area contributed by atoms with E-state index in [1.807, 2.05) is 30.3 Å². The van der Waals surface area contributed by atoms with Gasteiger partial charge in [0.15, 0.2) is 0 Å². The lowest BCUT2D eigenvalue weighted by molar-refractivity contribution is -0.153. The van der Waals surface area contributed by atoms with E-state index >= 15 is 0 Å². The summed E-state index contributed by atoms with van der Waals surface area (Å²) < 4.78 is 5.59. The van der Waals surface area contributed by atoms with Crippen LogP contribution in [0.2, 0.25) is 0 Å². The molecule has 0 aromatic heterocycles. The van der Waals surface area contributed by atoms with Crippen molar-refractivity contribution in [3.63, 3.8) is 0 Å². The first-order valence-corrected chi connectivity index (χ1v) is 11.4. The molecule has 166 valence electrons. The molecule has 2 bridgehead atoms. The van der Waals surface area contributed by atoms with Gasteiger partial charge in [0, 0.05) is 12.0 Å². The van der Waals surface area contributed by atoms with Gasteiger partial charge in [0.05, 0.1) is 11.8 Å². The molecular formula is C27H23NO5. The highest BCUT2D eigenvalue weighted by molar-refractivity contribution is 6.09. The molecule has 2 aromatic carbocycles. The Morgan fingerprint density at radius 3 is 2.12 bits per heavy atom. The maximum atomic E-state index is 13.6. The molecule has 2 saturated carbocycles. The molecule has 2 amide bonds. The molecule has 1 aliphatic heterocycles. The van der Waals surface area contributed by atoms with Crippen LogP contribution in [0.3, 0.4) is 0 Å². The lowest BCUT2D eigenvalue weighted by atomic mass is 9.63. The molecule has 4 aliphatic carbocycles. The summed E-state index contributed by atoms with van der Waals surface area (Å²) in [6, 6.07) is 14.5. The number of likely N-dealkylation sites (tertiary alicyclic amines) is 1. The Kier molecular flexibility index (Phi) is 4.57. The highest BCUT2D eigenvalue weighted by Gasteiger charge is 2.68. The fraction of sp³-hybridized carbons (Fsp3) is 0.333. The number of rotatable bonds is 6. The molecule has 1 saturated heterocycles. The highest BCUT2D eigenvalue weighted by atomic mass is 16.5. The number of benzene rings is 2. The number of hydrogen-bond acceptors (Lipinski definition) is 5. The number of esters is 1. The van der Waals surface area contributed by atoms with Crippen molar-refractivity contribution in [2.24, 2.45) is 35.5 Å². The quantitative estimate of drug-likeness (QED) is 0.226. The van der Waals surface area contributed by atoms with Crippen molar-refractivity contribution in [2.45, 2.75) is 18.9 Å². The molecule has 0 spiro atoms. The normalized spacial score (nSPS) is 31.7. The average Bonchev–Trinajstić information content (AvgIpc) is 3.62. The molecule has 1 heterocycles. The van der Waals surface area contributed by atoms with Crippen LogP contribution in [-0.4, -0.2) is 35.0 Å². The maximum Gasteiger partial charge on any atom is 0.335 e. The molecule has 2 aromatic rings. The van der Waals surface area contributed by atoms with Crippen LogP contribution in [0.4, 0.5) is 0 Å². The standard InChI is InChI=1S/C27H23NO5/c29-14-16-6-8-17(9-7-16)33-27(32)22(12-15-4-2-1-3-5-15)28-25(30)23-18-10-11-19(21-13-20(18)21)24(23)26(28)31/h1-11,14,18-24H,12-13H2/t18-,19-,20-,21-,22-,23+,24+/m0/s1. The number of carbonyl (C=O) groups excluding carboxylic acids is 4. The van der Waals surface area contributed by atoms with Crippen molar-refractivity contribution in [1.29, 1.82) is 0 Å². The summed E-state index contributed by atoms with van der Waals surface area (Å²) in [5.74, 6) is -0.433. The third kappa shape index (κ3) is 3.16. The van der Waals surface area contributed by atoms with E-state index in [9.17, 15) is 19.2 Å². The second-order valence-electron chi connectivity index (χ2n) is 9.51. The number of carbonyl (C=O) groups is 4. The smallest absolute Gasteiger partial charge is 0.335 e. The van der Waals surface area contributed by atoms with Crippen LogP contribution in [-0.2, 0) is 20.8 Å².